The lowest BCUT2D eigenvalue weighted by Gasteiger charge is -2.10. The van der Waals surface area contributed by atoms with Crippen molar-refractivity contribution in [1.82, 2.24) is 20.2 Å². The van der Waals surface area contributed by atoms with Crippen LogP contribution in [-0.4, -0.2) is 39.9 Å². The minimum Gasteiger partial charge on any atom is -0.393 e. The van der Waals surface area contributed by atoms with E-state index in [1.165, 1.54) is 0 Å². The van der Waals surface area contributed by atoms with Gasteiger partial charge in [-0.1, -0.05) is 12.1 Å². The quantitative estimate of drug-likeness (QED) is 0.752. The van der Waals surface area contributed by atoms with Crippen LogP contribution in [0.1, 0.15) is 19.2 Å². The number of benzene rings is 1. The Balaban J connectivity index is 1.82. The first-order chi connectivity index (χ1) is 10.1. The van der Waals surface area contributed by atoms with Gasteiger partial charge in [-0.15, -0.1) is 0 Å². The second-order valence-corrected chi connectivity index (χ2v) is 5.12. The van der Waals surface area contributed by atoms with Crippen molar-refractivity contribution < 1.29 is 9.90 Å². The van der Waals surface area contributed by atoms with Gasteiger partial charge in [0.05, 0.1) is 17.1 Å². The fourth-order valence-electron chi connectivity index (χ4n) is 2.22. The van der Waals surface area contributed by atoms with E-state index >= 15 is 0 Å². The molecule has 2 rings (SSSR count). The van der Waals surface area contributed by atoms with Crippen LogP contribution < -0.4 is 10.6 Å². The summed E-state index contributed by atoms with van der Waals surface area (Å²) in [5.74, 6) is 0.938. The van der Waals surface area contributed by atoms with Crippen molar-refractivity contribution in [2.75, 3.05) is 13.1 Å². The molecule has 6 heteroatoms. The number of nitrogens with zero attached hydrogens (tertiary/aromatic N) is 2. The van der Waals surface area contributed by atoms with Crippen molar-refractivity contribution in [2.45, 2.75) is 32.9 Å². The Labute approximate surface area is 124 Å². The van der Waals surface area contributed by atoms with E-state index in [1.54, 1.807) is 6.92 Å². The van der Waals surface area contributed by atoms with Crippen molar-refractivity contribution in [3.05, 3.63) is 30.1 Å². The van der Waals surface area contributed by atoms with Crippen LogP contribution in [0.25, 0.3) is 11.0 Å². The van der Waals surface area contributed by atoms with Crippen LogP contribution in [-0.2, 0) is 6.54 Å². The Morgan fingerprint density at radius 1 is 1.33 bits per heavy atom. The zero-order chi connectivity index (χ0) is 15.2. The Hall–Kier alpha value is -2.08. The highest BCUT2D eigenvalue weighted by molar-refractivity contribution is 5.76. The molecular formula is C15H22N4O2. The Kier molecular flexibility index (Phi) is 5.16. The maximum absolute atomic E-state index is 11.6. The smallest absolute Gasteiger partial charge is 0.314 e. The number of fused-ring (bicyclic) bond motifs is 1. The molecule has 0 fully saturated rings. The minimum absolute atomic E-state index is 0.210. The second kappa shape index (κ2) is 7.08. The highest BCUT2D eigenvalue weighted by atomic mass is 16.3. The fraction of sp³-hybridized carbons (Fsp3) is 0.467. The van der Waals surface area contributed by atoms with Gasteiger partial charge < -0.3 is 20.3 Å². The molecule has 1 unspecified atom stereocenters. The predicted molar refractivity (Wildman–Crippen MR) is 82.2 cm³/mol. The van der Waals surface area contributed by atoms with Crippen molar-refractivity contribution in [2.24, 2.45) is 0 Å². The van der Waals surface area contributed by atoms with E-state index in [1.807, 2.05) is 31.2 Å². The van der Waals surface area contributed by atoms with Crippen molar-refractivity contribution in [3.63, 3.8) is 0 Å². The highest BCUT2D eigenvalue weighted by Crippen LogP contribution is 2.14. The second-order valence-electron chi connectivity index (χ2n) is 5.12. The molecule has 0 saturated carbocycles. The Morgan fingerprint density at radius 3 is 2.81 bits per heavy atom. The van der Waals surface area contributed by atoms with Crippen LogP contribution in [0.15, 0.2) is 24.3 Å². The maximum Gasteiger partial charge on any atom is 0.314 e. The summed E-state index contributed by atoms with van der Waals surface area (Å²) >= 11 is 0. The first-order valence-electron chi connectivity index (χ1n) is 7.19. The third kappa shape index (κ3) is 4.19. The lowest BCUT2D eigenvalue weighted by molar-refractivity contribution is 0.183. The molecule has 0 aliphatic heterocycles. The van der Waals surface area contributed by atoms with Gasteiger partial charge in [-0.05, 0) is 32.4 Å². The number of urea groups is 1. The molecule has 0 bridgehead atoms. The van der Waals surface area contributed by atoms with Gasteiger partial charge in [-0.3, -0.25) is 0 Å². The molecule has 2 aromatic rings. The summed E-state index contributed by atoms with van der Waals surface area (Å²) in [7, 11) is 0. The number of hydrogen-bond donors (Lipinski definition) is 3. The zero-order valence-corrected chi connectivity index (χ0v) is 12.5. The summed E-state index contributed by atoms with van der Waals surface area (Å²) in [6.45, 7) is 5.34. The number of hydrogen-bond acceptors (Lipinski definition) is 3. The highest BCUT2D eigenvalue weighted by Gasteiger charge is 2.07. The molecule has 0 saturated heterocycles. The zero-order valence-electron chi connectivity index (χ0n) is 12.5. The summed E-state index contributed by atoms with van der Waals surface area (Å²) in [5.41, 5.74) is 2.04. The molecule has 1 atom stereocenters. The maximum atomic E-state index is 11.6. The van der Waals surface area contributed by atoms with Crippen LogP contribution in [0.5, 0.6) is 0 Å². The topological polar surface area (TPSA) is 79.2 Å². The van der Waals surface area contributed by atoms with E-state index in [0.717, 1.165) is 16.9 Å². The number of rotatable bonds is 6. The van der Waals surface area contributed by atoms with Crippen LogP contribution in [0.3, 0.4) is 0 Å². The summed E-state index contributed by atoms with van der Waals surface area (Å²) in [5, 5.41) is 14.6. The van der Waals surface area contributed by atoms with Crippen molar-refractivity contribution in [1.29, 1.82) is 0 Å². The summed E-state index contributed by atoms with van der Waals surface area (Å²) in [6, 6.07) is 7.74. The number of imidazole rings is 1. The molecule has 21 heavy (non-hydrogen) atoms. The number of aromatic nitrogens is 2. The lowest BCUT2D eigenvalue weighted by Crippen LogP contribution is -2.38. The SMILES string of the molecule is Cc1nc2ccccc2n1CCNC(=O)NCCC(C)O. The number of carbonyl (C=O) groups is 1. The van der Waals surface area contributed by atoms with Crippen LogP contribution in [0, 0.1) is 6.92 Å². The summed E-state index contributed by atoms with van der Waals surface area (Å²) in [6.07, 6.45) is 0.156. The normalized spacial score (nSPS) is 12.3. The lowest BCUT2D eigenvalue weighted by atomic mass is 10.3. The number of aryl methyl sites for hydroxylation is 1. The Morgan fingerprint density at radius 2 is 2.05 bits per heavy atom. The van der Waals surface area contributed by atoms with E-state index in [2.05, 4.69) is 20.2 Å². The van der Waals surface area contributed by atoms with Gasteiger partial charge in [0.15, 0.2) is 0 Å². The van der Waals surface area contributed by atoms with E-state index in [4.69, 9.17) is 5.11 Å². The standard InChI is InChI=1S/C15H22N4O2/c1-11(20)7-8-16-15(21)17-9-10-19-12(2)18-13-5-3-4-6-14(13)19/h3-6,11,20H,7-10H2,1-2H3,(H2,16,17,21). The molecular weight excluding hydrogens is 268 g/mol. The van der Waals surface area contributed by atoms with Crippen molar-refractivity contribution >= 4 is 17.1 Å². The van der Waals surface area contributed by atoms with E-state index in [0.29, 0.717) is 26.1 Å². The first kappa shape index (κ1) is 15.3. The molecule has 1 aromatic carbocycles. The summed E-state index contributed by atoms with van der Waals surface area (Å²) < 4.78 is 2.09. The molecule has 3 N–H and O–H groups in total. The number of aliphatic hydroxyl groups is 1. The van der Waals surface area contributed by atoms with Crippen LogP contribution >= 0.6 is 0 Å². The molecule has 6 nitrogen and oxygen atoms in total. The average Bonchev–Trinajstić information content (AvgIpc) is 2.75. The molecule has 1 aromatic heterocycles. The summed E-state index contributed by atoms with van der Waals surface area (Å²) in [4.78, 5) is 16.1. The van der Waals surface area contributed by atoms with Gasteiger partial charge >= 0.3 is 6.03 Å². The molecule has 0 aliphatic rings. The average molecular weight is 290 g/mol. The molecule has 0 aliphatic carbocycles. The van der Waals surface area contributed by atoms with Gasteiger partial charge in [-0.2, -0.15) is 0 Å². The van der Waals surface area contributed by atoms with E-state index < -0.39 is 6.10 Å². The molecule has 1 heterocycles. The molecule has 2 amide bonds. The number of para-hydroxylation sites is 2. The van der Waals surface area contributed by atoms with Gasteiger partial charge in [0.2, 0.25) is 0 Å². The molecule has 0 spiro atoms. The van der Waals surface area contributed by atoms with Crippen LogP contribution in [0.2, 0.25) is 0 Å². The fourth-order valence-corrected chi connectivity index (χ4v) is 2.22. The number of aliphatic hydroxyl groups excluding tert-OH is 1. The van der Waals surface area contributed by atoms with Gasteiger partial charge in [0.1, 0.15) is 5.82 Å². The molecule has 0 radical (unpaired) electrons. The minimum atomic E-state index is -0.398. The first-order valence-corrected chi connectivity index (χ1v) is 7.19. The number of nitrogens with one attached hydrogen (secondary N) is 2. The van der Waals surface area contributed by atoms with Crippen molar-refractivity contribution in [3.8, 4) is 0 Å². The predicted octanol–water partition coefficient (Wildman–Crippen LogP) is 1.41. The van der Waals surface area contributed by atoms with E-state index in [9.17, 15) is 4.79 Å². The number of carbonyl (C=O) groups excluding carboxylic acids is 1. The third-order valence-electron chi connectivity index (χ3n) is 3.31. The van der Waals surface area contributed by atoms with Gasteiger partial charge in [-0.25, -0.2) is 9.78 Å². The number of amides is 2. The largest absolute Gasteiger partial charge is 0.393 e. The van der Waals surface area contributed by atoms with Crippen LogP contribution in [0.4, 0.5) is 4.79 Å². The van der Waals surface area contributed by atoms with Gasteiger partial charge in [0, 0.05) is 19.6 Å². The molecule has 114 valence electrons. The van der Waals surface area contributed by atoms with Gasteiger partial charge in [0.25, 0.3) is 0 Å². The third-order valence-corrected chi connectivity index (χ3v) is 3.31. The monoisotopic (exact) mass is 290 g/mol. The van der Waals surface area contributed by atoms with E-state index in [-0.39, 0.29) is 6.03 Å². The Bertz CT molecular complexity index is 607.